The van der Waals surface area contributed by atoms with Crippen LogP contribution in [0.5, 0.6) is 5.75 Å². The van der Waals surface area contributed by atoms with E-state index in [4.69, 9.17) is 5.11 Å². The van der Waals surface area contributed by atoms with Crippen LogP contribution in [-0.2, 0) is 0 Å². The summed E-state index contributed by atoms with van der Waals surface area (Å²) >= 11 is 0. The second kappa shape index (κ2) is 2.21. The van der Waals surface area contributed by atoms with Crippen molar-refractivity contribution >= 4 is 0 Å². The molecule has 1 aromatic rings. The molecule has 4 heteroatoms. The van der Waals surface area contributed by atoms with Gasteiger partial charge in [0, 0.05) is 5.56 Å². The van der Waals surface area contributed by atoms with Crippen LogP contribution in [0.15, 0.2) is 6.07 Å². The summed E-state index contributed by atoms with van der Waals surface area (Å²) in [5.74, 6) is -2.69. The third kappa shape index (κ3) is 1.05. The molecular formula is C6H5F2NO. The van der Waals surface area contributed by atoms with Gasteiger partial charge in [0.15, 0.2) is 5.75 Å². The smallest absolute Gasteiger partial charge is 0.257 e. The average molecular weight is 145 g/mol. The largest absolute Gasteiger partial charge is 0.503 e. The molecule has 0 bridgehead atoms. The Morgan fingerprint density at radius 2 is 2.10 bits per heavy atom. The van der Waals surface area contributed by atoms with Crippen molar-refractivity contribution in [3.63, 3.8) is 0 Å². The zero-order chi connectivity index (χ0) is 7.72. The molecule has 10 heavy (non-hydrogen) atoms. The van der Waals surface area contributed by atoms with Crippen molar-refractivity contribution in [3.05, 3.63) is 23.5 Å². The molecule has 0 aromatic carbocycles. The highest BCUT2D eigenvalue weighted by Gasteiger charge is 2.06. The van der Waals surface area contributed by atoms with Gasteiger partial charge in [0.05, 0.1) is 0 Å². The first kappa shape index (κ1) is 6.92. The molecular weight excluding hydrogens is 140 g/mol. The van der Waals surface area contributed by atoms with E-state index in [1.807, 2.05) is 0 Å². The molecule has 54 valence electrons. The highest BCUT2D eigenvalue weighted by molar-refractivity contribution is 5.28. The molecule has 0 aliphatic rings. The van der Waals surface area contributed by atoms with E-state index in [-0.39, 0.29) is 5.56 Å². The molecule has 0 spiro atoms. The maximum absolute atomic E-state index is 12.2. The zero-order valence-electron chi connectivity index (χ0n) is 5.23. The number of aromatic hydroxyl groups is 1. The first-order chi connectivity index (χ1) is 4.61. The van der Waals surface area contributed by atoms with Gasteiger partial charge in [-0.05, 0) is 13.0 Å². The van der Waals surface area contributed by atoms with Crippen LogP contribution in [0.4, 0.5) is 8.78 Å². The molecule has 0 unspecified atom stereocenters. The summed E-state index contributed by atoms with van der Waals surface area (Å²) in [6, 6.07) is 0.957. The highest BCUT2D eigenvalue weighted by atomic mass is 19.1. The molecule has 1 heterocycles. The predicted octanol–water partition coefficient (Wildman–Crippen LogP) is 1.37. The van der Waals surface area contributed by atoms with E-state index >= 15 is 0 Å². The molecule has 1 aromatic heterocycles. The quantitative estimate of drug-likeness (QED) is 0.559. The summed E-state index contributed by atoms with van der Waals surface area (Å²) in [7, 11) is 0. The Morgan fingerprint density at radius 1 is 1.50 bits per heavy atom. The van der Waals surface area contributed by atoms with Crippen molar-refractivity contribution < 1.29 is 13.9 Å². The molecule has 0 atom stereocenters. The normalized spacial score (nSPS) is 9.90. The van der Waals surface area contributed by atoms with Gasteiger partial charge >= 0.3 is 0 Å². The highest BCUT2D eigenvalue weighted by Crippen LogP contribution is 2.18. The summed E-state index contributed by atoms with van der Waals surface area (Å²) in [6.45, 7) is 1.39. The third-order valence-corrected chi connectivity index (χ3v) is 1.11. The van der Waals surface area contributed by atoms with E-state index in [2.05, 4.69) is 4.98 Å². The molecule has 0 fully saturated rings. The fraction of sp³-hybridized carbons (Fsp3) is 0.167. The van der Waals surface area contributed by atoms with E-state index in [1.54, 1.807) is 0 Å². The maximum Gasteiger partial charge on any atom is 0.257 e. The van der Waals surface area contributed by atoms with Gasteiger partial charge < -0.3 is 5.11 Å². The Morgan fingerprint density at radius 3 is 2.60 bits per heavy atom. The molecule has 0 saturated heterocycles. The monoisotopic (exact) mass is 145 g/mol. The van der Waals surface area contributed by atoms with Crippen molar-refractivity contribution in [2.75, 3.05) is 0 Å². The first-order valence-electron chi connectivity index (χ1n) is 2.63. The van der Waals surface area contributed by atoms with Gasteiger partial charge in [-0.1, -0.05) is 0 Å². The van der Waals surface area contributed by atoms with Gasteiger partial charge in [-0.2, -0.15) is 13.8 Å². The number of rotatable bonds is 0. The molecule has 1 N–H and O–H groups in total. The predicted molar refractivity (Wildman–Crippen MR) is 30.6 cm³/mol. The number of hydrogen-bond acceptors (Lipinski definition) is 2. The summed E-state index contributed by atoms with van der Waals surface area (Å²) in [5, 5.41) is 8.73. The Bertz CT molecular complexity index is 239. The zero-order valence-corrected chi connectivity index (χ0v) is 5.23. The minimum atomic E-state index is -1.17. The first-order valence-corrected chi connectivity index (χ1v) is 2.63. The van der Waals surface area contributed by atoms with Gasteiger partial charge in [-0.15, -0.1) is 0 Å². The van der Waals surface area contributed by atoms with Crippen LogP contribution in [0.25, 0.3) is 0 Å². The summed E-state index contributed by atoms with van der Waals surface area (Å²) in [5.41, 5.74) is 0.144. The van der Waals surface area contributed by atoms with Crippen LogP contribution in [0.3, 0.4) is 0 Å². The summed E-state index contributed by atoms with van der Waals surface area (Å²) in [6.07, 6.45) is 0. The minimum Gasteiger partial charge on any atom is -0.503 e. The van der Waals surface area contributed by atoms with Crippen molar-refractivity contribution in [1.82, 2.24) is 4.98 Å². The summed E-state index contributed by atoms with van der Waals surface area (Å²) < 4.78 is 24.4. The maximum atomic E-state index is 12.2. The number of pyridine rings is 1. The van der Waals surface area contributed by atoms with Crippen molar-refractivity contribution in [2.24, 2.45) is 0 Å². The molecule has 0 aliphatic carbocycles. The van der Waals surface area contributed by atoms with E-state index in [1.165, 1.54) is 6.92 Å². The lowest BCUT2D eigenvalue weighted by atomic mass is 10.3. The molecule has 0 radical (unpaired) electrons. The second-order valence-electron chi connectivity index (χ2n) is 1.90. The lowest BCUT2D eigenvalue weighted by Crippen LogP contribution is -1.90. The number of hydrogen-bond donors (Lipinski definition) is 1. The van der Waals surface area contributed by atoms with E-state index in [0.717, 1.165) is 6.07 Å². The molecule has 0 amide bonds. The molecule has 1 rings (SSSR count). The van der Waals surface area contributed by atoms with Crippen LogP contribution in [0.1, 0.15) is 5.56 Å². The lowest BCUT2D eigenvalue weighted by molar-refractivity contribution is 0.401. The third-order valence-electron chi connectivity index (χ3n) is 1.11. The Labute approximate surface area is 56.1 Å². The van der Waals surface area contributed by atoms with Crippen LogP contribution in [0.2, 0.25) is 0 Å². The van der Waals surface area contributed by atoms with Crippen molar-refractivity contribution in [1.29, 1.82) is 0 Å². The van der Waals surface area contributed by atoms with Crippen molar-refractivity contribution in [3.8, 4) is 5.75 Å². The van der Waals surface area contributed by atoms with Gasteiger partial charge in [-0.3, -0.25) is 0 Å². The van der Waals surface area contributed by atoms with Crippen LogP contribution in [0, 0.1) is 18.8 Å². The molecule has 2 nitrogen and oxygen atoms in total. The van der Waals surface area contributed by atoms with Gasteiger partial charge in [0.2, 0.25) is 5.95 Å². The average Bonchev–Trinajstić information content (AvgIpc) is 1.82. The fourth-order valence-corrected chi connectivity index (χ4v) is 0.589. The van der Waals surface area contributed by atoms with E-state index < -0.39 is 17.6 Å². The van der Waals surface area contributed by atoms with Crippen LogP contribution < -0.4 is 0 Å². The number of aryl methyl sites for hydroxylation is 1. The van der Waals surface area contributed by atoms with E-state index in [0.29, 0.717) is 0 Å². The van der Waals surface area contributed by atoms with Gasteiger partial charge in [-0.25, -0.2) is 0 Å². The number of nitrogens with zero attached hydrogens (tertiary/aromatic N) is 1. The SMILES string of the molecule is Cc1cc(F)nc(F)c1O. The fourth-order valence-electron chi connectivity index (χ4n) is 0.589. The standard InChI is InChI=1S/C6H5F2NO/c1-3-2-4(7)9-6(8)5(3)10/h2,10H,1H3. The topological polar surface area (TPSA) is 33.1 Å². The lowest BCUT2D eigenvalue weighted by Gasteiger charge is -1.97. The van der Waals surface area contributed by atoms with Crippen LogP contribution in [-0.4, -0.2) is 10.1 Å². The second-order valence-corrected chi connectivity index (χ2v) is 1.90. The number of aromatic nitrogens is 1. The molecule has 0 saturated carbocycles. The van der Waals surface area contributed by atoms with Gasteiger partial charge in [0.1, 0.15) is 0 Å². The molecule has 0 aliphatic heterocycles. The Kier molecular flexibility index (Phi) is 1.53. The van der Waals surface area contributed by atoms with Crippen LogP contribution >= 0.6 is 0 Å². The number of halogens is 2. The van der Waals surface area contributed by atoms with Crippen molar-refractivity contribution in [2.45, 2.75) is 6.92 Å². The van der Waals surface area contributed by atoms with Gasteiger partial charge in [0.25, 0.3) is 5.95 Å². The Balaban J connectivity index is 3.31. The van der Waals surface area contributed by atoms with E-state index in [9.17, 15) is 8.78 Å². The summed E-state index contributed by atoms with van der Waals surface area (Å²) in [4.78, 5) is 2.75. The Hall–Kier alpha value is -1.19. The minimum absolute atomic E-state index is 0.144.